The van der Waals surface area contributed by atoms with Crippen molar-refractivity contribution < 1.29 is 4.84 Å². The number of nitrogens with zero attached hydrogens (tertiary/aromatic N) is 3. The molecule has 0 bridgehead atoms. The number of hydrogen-bond donors (Lipinski definition) is 0. The maximum atomic E-state index is 6.33. The smallest absolute Gasteiger partial charge is 0.171 e. The molecule has 1 aromatic heterocycles. The van der Waals surface area contributed by atoms with Gasteiger partial charge in [-0.05, 0) is 24.3 Å². The summed E-state index contributed by atoms with van der Waals surface area (Å²) in [5.74, 6) is 0. The fourth-order valence-electron chi connectivity index (χ4n) is 2.30. The molecule has 27 heavy (non-hydrogen) atoms. The van der Waals surface area contributed by atoms with Crippen molar-refractivity contribution in [1.82, 2.24) is 9.55 Å². The molecule has 0 N–H and O–H groups in total. The Balaban J connectivity index is 0.00000261. The maximum absolute atomic E-state index is 6.33. The van der Waals surface area contributed by atoms with Crippen molar-refractivity contribution in [3.05, 3.63) is 86.3 Å². The fraction of sp³-hybridized carbons (Fsp3) is 0.111. The SMILES string of the molecule is Cl.Clc1ccc(/C=N/OC(Cn2ccnc2)c2ccc(Cl)cc2Cl)c(Cl)c1. The Morgan fingerprint density at radius 2 is 1.74 bits per heavy atom. The molecule has 9 heteroatoms. The van der Waals surface area contributed by atoms with Crippen molar-refractivity contribution in [1.29, 1.82) is 0 Å². The fourth-order valence-corrected chi connectivity index (χ4v) is 3.29. The van der Waals surface area contributed by atoms with Crippen molar-refractivity contribution in [3.8, 4) is 0 Å². The molecule has 0 fully saturated rings. The third-order valence-corrected chi connectivity index (χ3v) is 4.71. The van der Waals surface area contributed by atoms with Crippen molar-refractivity contribution in [3.63, 3.8) is 0 Å². The molecular weight excluding hydrogens is 451 g/mol. The van der Waals surface area contributed by atoms with Crippen molar-refractivity contribution >= 4 is 65.0 Å². The summed E-state index contributed by atoms with van der Waals surface area (Å²) in [6.07, 6.45) is 6.32. The van der Waals surface area contributed by atoms with Gasteiger partial charge < -0.3 is 9.40 Å². The Morgan fingerprint density at radius 3 is 2.37 bits per heavy atom. The van der Waals surface area contributed by atoms with Crippen LogP contribution in [-0.2, 0) is 11.4 Å². The lowest BCUT2D eigenvalue weighted by atomic mass is 10.1. The van der Waals surface area contributed by atoms with Crippen molar-refractivity contribution in [2.75, 3.05) is 0 Å². The van der Waals surface area contributed by atoms with E-state index in [2.05, 4.69) is 10.1 Å². The maximum Gasteiger partial charge on any atom is 0.171 e. The first-order valence-electron chi connectivity index (χ1n) is 7.58. The van der Waals surface area contributed by atoms with Crippen LogP contribution in [0.25, 0.3) is 0 Å². The molecule has 1 heterocycles. The van der Waals surface area contributed by atoms with Crippen LogP contribution in [0, 0.1) is 0 Å². The molecule has 0 amide bonds. The quantitative estimate of drug-likeness (QED) is 0.300. The number of aromatic nitrogens is 2. The van der Waals surface area contributed by atoms with Gasteiger partial charge in [-0.2, -0.15) is 0 Å². The Hall–Kier alpha value is -1.43. The minimum Gasteiger partial charge on any atom is -0.386 e. The highest BCUT2D eigenvalue weighted by Gasteiger charge is 2.17. The number of oxime groups is 1. The highest BCUT2D eigenvalue weighted by molar-refractivity contribution is 6.36. The van der Waals surface area contributed by atoms with Crippen LogP contribution >= 0.6 is 58.8 Å². The lowest BCUT2D eigenvalue weighted by molar-refractivity contribution is 0.0469. The first kappa shape index (κ1) is 21.9. The minimum absolute atomic E-state index is 0. The monoisotopic (exact) mass is 463 g/mol. The molecule has 2 aromatic carbocycles. The van der Waals surface area contributed by atoms with E-state index < -0.39 is 6.10 Å². The van der Waals surface area contributed by atoms with Gasteiger partial charge in [-0.3, -0.25) is 0 Å². The molecule has 0 aliphatic carbocycles. The summed E-state index contributed by atoms with van der Waals surface area (Å²) >= 11 is 24.3. The lowest BCUT2D eigenvalue weighted by Gasteiger charge is -2.17. The number of halogens is 5. The molecule has 4 nitrogen and oxygen atoms in total. The summed E-state index contributed by atoms with van der Waals surface area (Å²) in [6, 6.07) is 10.4. The van der Waals surface area contributed by atoms with Crippen molar-refractivity contribution in [2.45, 2.75) is 12.6 Å². The van der Waals surface area contributed by atoms with E-state index in [4.69, 9.17) is 51.2 Å². The molecule has 3 rings (SSSR count). The van der Waals surface area contributed by atoms with E-state index in [1.165, 1.54) is 6.21 Å². The Labute approximate surface area is 183 Å². The van der Waals surface area contributed by atoms with Crippen LogP contribution in [0.15, 0.2) is 60.3 Å². The van der Waals surface area contributed by atoms with Gasteiger partial charge in [0.15, 0.2) is 6.10 Å². The topological polar surface area (TPSA) is 39.4 Å². The molecule has 1 unspecified atom stereocenters. The predicted molar refractivity (Wildman–Crippen MR) is 114 cm³/mol. The molecule has 0 saturated carbocycles. The molecule has 0 radical (unpaired) electrons. The van der Waals surface area contributed by atoms with Crippen molar-refractivity contribution in [2.24, 2.45) is 5.16 Å². The van der Waals surface area contributed by atoms with Crippen LogP contribution in [0.4, 0.5) is 0 Å². The van der Waals surface area contributed by atoms with Gasteiger partial charge in [0.1, 0.15) is 0 Å². The van der Waals surface area contributed by atoms with Gasteiger partial charge in [0.25, 0.3) is 0 Å². The first-order valence-corrected chi connectivity index (χ1v) is 9.09. The summed E-state index contributed by atoms with van der Waals surface area (Å²) in [6.45, 7) is 0.479. The van der Waals surface area contributed by atoms with Crippen LogP contribution in [0.5, 0.6) is 0 Å². The molecule has 0 aliphatic rings. The molecule has 0 aliphatic heterocycles. The van der Waals surface area contributed by atoms with Crippen LogP contribution in [0.3, 0.4) is 0 Å². The average Bonchev–Trinajstić information content (AvgIpc) is 3.09. The van der Waals surface area contributed by atoms with E-state index in [0.717, 1.165) is 5.56 Å². The molecular formula is C18H14Cl5N3O. The van der Waals surface area contributed by atoms with Gasteiger partial charge in [-0.25, -0.2) is 4.98 Å². The summed E-state index contributed by atoms with van der Waals surface area (Å²) in [5, 5.41) is 6.17. The molecule has 0 saturated heterocycles. The molecule has 1 atom stereocenters. The van der Waals surface area contributed by atoms with E-state index in [1.807, 2.05) is 16.8 Å². The zero-order valence-corrected chi connectivity index (χ0v) is 17.6. The number of rotatable bonds is 6. The average molecular weight is 466 g/mol. The van der Waals surface area contributed by atoms with Gasteiger partial charge >= 0.3 is 0 Å². The molecule has 0 spiro atoms. The van der Waals surface area contributed by atoms with E-state index in [1.54, 1.807) is 42.9 Å². The summed E-state index contributed by atoms with van der Waals surface area (Å²) < 4.78 is 1.88. The molecule has 3 aromatic rings. The third-order valence-electron chi connectivity index (χ3n) is 3.59. The van der Waals surface area contributed by atoms with E-state index in [-0.39, 0.29) is 12.4 Å². The third kappa shape index (κ3) is 6.03. The summed E-state index contributed by atoms with van der Waals surface area (Å²) in [5.41, 5.74) is 1.46. The van der Waals surface area contributed by atoms with Gasteiger partial charge in [0, 0.05) is 38.6 Å². The van der Waals surface area contributed by atoms with Crippen LogP contribution in [0.2, 0.25) is 20.1 Å². The Morgan fingerprint density at radius 1 is 1.04 bits per heavy atom. The highest BCUT2D eigenvalue weighted by Crippen LogP contribution is 2.30. The summed E-state index contributed by atoms with van der Waals surface area (Å²) in [7, 11) is 0. The summed E-state index contributed by atoms with van der Waals surface area (Å²) in [4.78, 5) is 9.75. The normalized spacial score (nSPS) is 12.0. The van der Waals surface area contributed by atoms with E-state index in [9.17, 15) is 0 Å². The van der Waals surface area contributed by atoms with Crippen LogP contribution in [0.1, 0.15) is 17.2 Å². The zero-order chi connectivity index (χ0) is 18.5. The second-order valence-corrected chi connectivity index (χ2v) is 7.11. The minimum atomic E-state index is -0.434. The van der Waals surface area contributed by atoms with Gasteiger partial charge in [-0.15, -0.1) is 12.4 Å². The second-order valence-electron chi connectivity index (χ2n) is 5.42. The molecule has 142 valence electrons. The van der Waals surface area contributed by atoms with E-state index >= 15 is 0 Å². The predicted octanol–water partition coefficient (Wildman–Crippen LogP) is 6.71. The standard InChI is InChI=1S/C18H13Cl4N3O.ClH/c19-13-2-1-12(16(21)7-13)9-24-26-18(10-25-6-5-23-11-25)15-4-3-14(20)8-17(15)22;/h1-9,11,18H,10H2;1H/b24-9+;. The van der Waals surface area contributed by atoms with Crippen LogP contribution in [-0.4, -0.2) is 15.8 Å². The number of benzene rings is 2. The second kappa shape index (κ2) is 10.2. The largest absolute Gasteiger partial charge is 0.386 e. The number of hydrogen-bond acceptors (Lipinski definition) is 3. The lowest BCUT2D eigenvalue weighted by Crippen LogP contribution is -2.10. The van der Waals surface area contributed by atoms with Gasteiger partial charge in [-0.1, -0.05) is 63.7 Å². The van der Waals surface area contributed by atoms with Gasteiger partial charge in [0.05, 0.1) is 24.1 Å². The Bertz CT molecular complexity index is 915. The van der Waals surface area contributed by atoms with Crippen LogP contribution < -0.4 is 0 Å². The van der Waals surface area contributed by atoms with Gasteiger partial charge in [0.2, 0.25) is 0 Å². The van der Waals surface area contributed by atoms with E-state index in [0.29, 0.717) is 32.2 Å². The zero-order valence-electron chi connectivity index (χ0n) is 13.7. The Kier molecular flexibility index (Phi) is 8.27. The first-order chi connectivity index (χ1) is 12.5. The highest BCUT2D eigenvalue weighted by atomic mass is 35.5. The number of imidazole rings is 1.